The summed E-state index contributed by atoms with van der Waals surface area (Å²) in [4.78, 5) is 84.3. The number of fused-ring (bicyclic) bond motifs is 4. The molecular weight excluding hydrogens is 1590 g/mol. The van der Waals surface area contributed by atoms with Crippen LogP contribution in [0.5, 0.6) is 17.2 Å². The number of ether oxygens (including phenoxy) is 8. The fourth-order valence-electron chi connectivity index (χ4n) is 15.2. The van der Waals surface area contributed by atoms with Gasteiger partial charge in [-0.05, 0) is 128 Å². The molecule has 117 heavy (non-hydrogen) atoms. The van der Waals surface area contributed by atoms with E-state index in [1.165, 1.54) is 14.7 Å². The smallest absolute Gasteiger partial charge is 0.298 e. The number of methoxy groups -OCH3 is 2. The zero-order chi connectivity index (χ0) is 80.5. The van der Waals surface area contributed by atoms with E-state index in [-0.39, 0.29) is 18.6 Å². The van der Waals surface area contributed by atoms with Crippen molar-refractivity contribution in [3.05, 3.63) is 208 Å². The molecule has 11 aromatic rings. The number of aliphatic imine (C=N–C) groups is 2. The molecule has 5 saturated heterocycles. The van der Waals surface area contributed by atoms with Crippen LogP contribution in [0.15, 0.2) is 163 Å². The molecule has 16 heterocycles. The van der Waals surface area contributed by atoms with Gasteiger partial charge in [-0.2, -0.15) is 5.10 Å². The number of benzene rings is 2. The molecule has 0 atom stereocenters. The molecule has 0 radical (unpaired) electrons. The SMILES string of the molecule is COc1ccc(Cn2n[c]([Sn]([CH3])([CH3])[CH3])c3c(NC4CCOCC4)nccc32)cc1.COc1ccc(Cn2nc(-c3cc(COC=O)ccn3)c3c(NC4CCOCC4)nccc32)cc1.O=C(c1ccnc(C2=NCc3ccnc(NC4CCOCC4)c32)c1)N1CCC1.O=COc1ccnc(C2=NCc3ccnc(NC4CCOCC4)c32)c1. The first kappa shape index (κ1) is 80.8. The maximum Gasteiger partial charge on any atom is 0.298 e. The van der Waals surface area contributed by atoms with Gasteiger partial charge in [0.05, 0.1) is 66.2 Å². The summed E-state index contributed by atoms with van der Waals surface area (Å²) in [7, 11) is 3.35. The number of pyridine rings is 7. The molecule has 0 saturated carbocycles. The minimum Gasteiger partial charge on any atom is -0.497 e. The minimum absolute atomic E-state index is 0.0699. The molecule has 30 heteroatoms. The van der Waals surface area contributed by atoms with Crippen molar-refractivity contribution in [2.45, 2.75) is 130 Å². The second kappa shape index (κ2) is 38.6. The van der Waals surface area contributed by atoms with Crippen LogP contribution >= 0.6 is 0 Å². The zero-order valence-corrected chi connectivity index (χ0v) is 69.5. The first-order chi connectivity index (χ1) is 57.3. The molecule has 7 aliphatic heterocycles. The number of likely N-dealkylation sites (tertiary alicyclic amines) is 1. The van der Waals surface area contributed by atoms with E-state index in [1.807, 2.05) is 101 Å². The molecule has 1 amide bonds. The van der Waals surface area contributed by atoms with E-state index in [0.717, 1.165) is 238 Å². The number of aromatic nitrogens is 11. The summed E-state index contributed by atoms with van der Waals surface area (Å²) in [5.74, 6) is 5.63. The number of carbonyl (C=O) groups is 3. The number of hydrogen-bond donors (Lipinski definition) is 4. The molecule has 18 rings (SSSR count). The van der Waals surface area contributed by atoms with Gasteiger partial charge in [-0.25, -0.2) is 15.0 Å². The van der Waals surface area contributed by atoms with Gasteiger partial charge in [0.1, 0.15) is 41.3 Å². The van der Waals surface area contributed by atoms with Crippen molar-refractivity contribution in [2.24, 2.45) is 9.98 Å². The van der Waals surface area contributed by atoms with Gasteiger partial charge in [-0.15, -0.1) is 0 Å². The van der Waals surface area contributed by atoms with Gasteiger partial charge in [0.25, 0.3) is 18.9 Å². The topological polar surface area (TPSA) is 327 Å². The van der Waals surface area contributed by atoms with Gasteiger partial charge in [-0.3, -0.25) is 44.0 Å². The predicted molar refractivity (Wildman–Crippen MR) is 449 cm³/mol. The van der Waals surface area contributed by atoms with Crippen molar-refractivity contribution in [1.29, 1.82) is 0 Å². The summed E-state index contributed by atoms with van der Waals surface area (Å²) in [5.41, 5.74) is 14.6. The van der Waals surface area contributed by atoms with Crippen molar-refractivity contribution in [1.82, 2.24) is 59.3 Å². The van der Waals surface area contributed by atoms with Crippen molar-refractivity contribution < 1.29 is 52.3 Å². The van der Waals surface area contributed by atoms with E-state index in [1.54, 1.807) is 57.2 Å². The maximum atomic E-state index is 12.6. The van der Waals surface area contributed by atoms with Gasteiger partial charge >= 0.3 is 177 Å². The molecular formula is C87H98N18O11Sn. The van der Waals surface area contributed by atoms with Gasteiger partial charge in [0.2, 0.25) is 0 Å². The van der Waals surface area contributed by atoms with Gasteiger partial charge < -0.3 is 49.3 Å². The Labute approximate surface area is 683 Å². The Kier molecular flexibility index (Phi) is 26.6. The van der Waals surface area contributed by atoms with Crippen LogP contribution in [0.25, 0.3) is 33.2 Å². The monoisotopic (exact) mass is 1690 g/mol. The van der Waals surface area contributed by atoms with Crippen molar-refractivity contribution in [2.75, 3.05) is 101 Å². The number of rotatable bonds is 24. The predicted octanol–water partition coefficient (Wildman–Crippen LogP) is 11.7. The van der Waals surface area contributed by atoms with E-state index in [4.69, 9.17) is 58.1 Å². The third-order valence-electron chi connectivity index (χ3n) is 21.6. The summed E-state index contributed by atoms with van der Waals surface area (Å²) < 4.78 is 47.8. The van der Waals surface area contributed by atoms with Crippen LogP contribution < -0.4 is 39.2 Å². The third-order valence-corrected chi connectivity index (χ3v) is 26.6. The van der Waals surface area contributed by atoms with E-state index in [0.29, 0.717) is 73.4 Å². The van der Waals surface area contributed by atoms with Crippen LogP contribution in [0.3, 0.4) is 0 Å². The van der Waals surface area contributed by atoms with E-state index >= 15 is 0 Å². The van der Waals surface area contributed by atoms with Crippen LogP contribution in [0.2, 0.25) is 14.8 Å². The second-order valence-electron chi connectivity index (χ2n) is 30.5. The van der Waals surface area contributed by atoms with Crippen LogP contribution in [0.1, 0.15) is 118 Å². The maximum absolute atomic E-state index is 12.6. The Hall–Kier alpha value is -11.4. The summed E-state index contributed by atoms with van der Waals surface area (Å²) in [5, 5.41) is 26.7. The first-order valence-corrected chi connectivity index (χ1v) is 50.1. The Morgan fingerprint density at radius 3 is 1.40 bits per heavy atom. The Morgan fingerprint density at radius 1 is 0.470 bits per heavy atom. The van der Waals surface area contributed by atoms with Crippen LogP contribution in [-0.2, 0) is 66.1 Å². The molecule has 0 bridgehead atoms. The Bertz CT molecular complexity index is 5320. The Balaban J connectivity index is 0.000000123. The molecule has 2 aromatic carbocycles. The number of carbonyl (C=O) groups excluding carboxylic acids is 3. The fourth-order valence-corrected chi connectivity index (χ4v) is 19.2. The normalized spacial score (nSPS) is 16.2. The van der Waals surface area contributed by atoms with Gasteiger partial charge in [0.15, 0.2) is 0 Å². The van der Waals surface area contributed by atoms with Gasteiger partial charge in [0, 0.05) is 131 Å². The quantitative estimate of drug-likeness (QED) is 0.0322. The number of nitrogens with zero attached hydrogens (tertiary/aromatic N) is 14. The summed E-state index contributed by atoms with van der Waals surface area (Å²) in [6.07, 6.45) is 21.2. The number of hydrogen-bond acceptors (Lipinski definition) is 26. The molecule has 606 valence electrons. The number of anilines is 4. The number of amides is 1. The summed E-state index contributed by atoms with van der Waals surface area (Å²) in [6.45, 7) is 11.4. The van der Waals surface area contributed by atoms with Gasteiger partial charge in [-0.1, -0.05) is 12.1 Å². The van der Waals surface area contributed by atoms with Crippen molar-refractivity contribution >= 4 is 97.4 Å². The molecule has 29 nitrogen and oxygen atoms in total. The fraction of sp³-hybridized carbons (Fsp3) is 0.379. The largest absolute Gasteiger partial charge is 0.497 e. The molecule has 4 N–H and O–H groups in total. The number of nitrogens with one attached hydrogen (secondary N) is 4. The average molecular weight is 1690 g/mol. The molecule has 9 aromatic heterocycles. The summed E-state index contributed by atoms with van der Waals surface area (Å²) in [6, 6.07) is 36.3. The van der Waals surface area contributed by atoms with Crippen LogP contribution in [0, 0.1) is 0 Å². The second-order valence-corrected chi connectivity index (χ2v) is 44.7. The van der Waals surface area contributed by atoms with E-state index < -0.39 is 18.4 Å². The zero-order valence-electron chi connectivity index (χ0n) is 66.6. The molecule has 0 aliphatic carbocycles. The third kappa shape index (κ3) is 19.8. The molecule has 0 spiro atoms. The summed E-state index contributed by atoms with van der Waals surface area (Å²) >= 11 is -2.47. The molecule has 7 aliphatic rings. The van der Waals surface area contributed by atoms with E-state index in [2.05, 4.69) is 93.9 Å². The average Bonchev–Trinajstić information content (AvgIpc) is 1.60. The Morgan fingerprint density at radius 2 is 0.915 bits per heavy atom. The molecule has 0 unspecified atom stereocenters. The minimum atomic E-state index is -2.47. The van der Waals surface area contributed by atoms with Crippen molar-refractivity contribution in [3.8, 4) is 28.6 Å². The molecule has 5 fully saturated rings. The standard InChI is InChI=1S/C26H27N5O4.C21H23N5O2.C19H21N4O2.C18H18N4O3.3CH3.Sn/c1-33-21-4-2-18(3-5-21)15-31-23-7-11-28-26(29-20-8-12-34-13-9-20)24(23)25(30-31)22-14-19(6-10-27-22)16-35-17-32;27-21(26-8-1-9-26)14-2-6-22-17(12-14)19-18-15(13-24-19)3-7-23-20(18)25-16-4-10-28-11-5-16;1-24-16-4-2-14(3-5-16)13-23-18-6-9-20-19(17(18)12-21-23)22-15-7-10-25-11-8-15;23-11-25-14-2-6-19-15(9-14)17-16-12(10-21-17)1-5-20-18(16)22-13-3-7-24-8-4-13;;;;/h2-7,10-11,14,17,20H,8-9,12-13,15-16H2,1H3,(H,28,29);2-3,6-7,12,16H,1,4-5,8-11,13H2,(H,23,25);2-6,9,15H,7-8,10-11,13H2,1H3,(H,20,22);1-2,5-6,9,11,13H,3-4,7-8,10H2,(H,20,22);3*1H3;. The van der Waals surface area contributed by atoms with Crippen LogP contribution in [0.4, 0.5) is 23.3 Å². The van der Waals surface area contributed by atoms with E-state index in [9.17, 15) is 14.4 Å². The van der Waals surface area contributed by atoms with Crippen LogP contribution in [-0.4, -0.2) is 212 Å². The van der Waals surface area contributed by atoms with Crippen molar-refractivity contribution in [3.63, 3.8) is 0 Å². The first-order valence-electron chi connectivity index (χ1n) is 40.1.